The molecule has 3 heterocycles. The lowest BCUT2D eigenvalue weighted by Crippen LogP contribution is -2.30. The number of aryl methyl sites for hydroxylation is 2. The van der Waals surface area contributed by atoms with E-state index in [9.17, 15) is 4.79 Å². The molecule has 0 aliphatic rings. The molecule has 142 valence electrons. The molecule has 0 saturated heterocycles. The first-order chi connectivity index (χ1) is 12.9. The summed E-state index contributed by atoms with van der Waals surface area (Å²) in [5, 5.41) is 4.27. The third kappa shape index (κ3) is 4.24. The smallest absolute Gasteiger partial charge is 0.264 e. The Morgan fingerprint density at radius 3 is 2.74 bits per heavy atom. The SMILES string of the molecule is Cc1cccc(CNc2ncnc3sc(C(=O)N(C)CC(C)C)c(C)c23)n1. The Morgan fingerprint density at radius 1 is 1.26 bits per heavy atom. The molecule has 0 bridgehead atoms. The van der Waals surface area contributed by atoms with Gasteiger partial charge in [0.1, 0.15) is 17.0 Å². The van der Waals surface area contributed by atoms with E-state index in [4.69, 9.17) is 0 Å². The van der Waals surface area contributed by atoms with E-state index >= 15 is 0 Å². The fourth-order valence-corrected chi connectivity index (χ4v) is 4.23. The van der Waals surface area contributed by atoms with Crippen LogP contribution < -0.4 is 5.32 Å². The van der Waals surface area contributed by atoms with E-state index < -0.39 is 0 Å². The zero-order valence-electron chi connectivity index (χ0n) is 16.4. The van der Waals surface area contributed by atoms with Crippen LogP contribution in [0.1, 0.15) is 40.5 Å². The summed E-state index contributed by atoms with van der Waals surface area (Å²) in [5.74, 6) is 1.20. The Balaban J connectivity index is 1.89. The van der Waals surface area contributed by atoms with Crippen LogP contribution in [0.4, 0.5) is 5.82 Å². The number of nitrogens with one attached hydrogen (secondary N) is 1. The minimum Gasteiger partial charge on any atom is -0.364 e. The summed E-state index contributed by atoms with van der Waals surface area (Å²) >= 11 is 1.43. The van der Waals surface area contributed by atoms with Crippen molar-refractivity contribution in [1.29, 1.82) is 0 Å². The van der Waals surface area contributed by atoms with Crippen molar-refractivity contribution >= 4 is 33.3 Å². The van der Waals surface area contributed by atoms with Crippen molar-refractivity contribution in [1.82, 2.24) is 19.9 Å². The van der Waals surface area contributed by atoms with Crippen molar-refractivity contribution in [2.75, 3.05) is 18.9 Å². The summed E-state index contributed by atoms with van der Waals surface area (Å²) in [4.78, 5) is 29.5. The summed E-state index contributed by atoms with van der Waals surface area (Å²) in [6, 6.07) is 5.95. The van der Waals surface area contributed by atoms with E-state index in [1.807, 2.05) is 39.1 Å². The van der Waals surface area contributed by atoms with Gasteiger partial charge in [0.25, 0.3) is 5.91 Å². The number of thiophene rings is 1. The maximum absolute atomic E-state index is 12.9. The third-order valence-corrected chi connectivity index (χ3v) is 5.48. The molecule has 6 nitrogen and oxygen atoms in total. The van der Waals surface area contributed by atoms with E-state index in [-0.39, 0.29) is 5.91 Å². The molecule has 0 aliphatic carbocycles. The molecule has 0 fully saturated rings. The molecule has 1 N–H and O–H groups in total. The molecular formula is C20H25N5OS. The molecule has 27 heavy (non-hydrogen) atoms. The topological polar surface area (TPSA) is 71.0 Å². The van der Waals surface area contributed by atoms with Gasteiger partial charge in [0, 0.05) is 19.3 Å². The number of carbonyl (C=O) groups excluding carboxylic acids is 1. The van der Waals surface area contributed by atoms with Gasteiger partial charge in [-0.05, 0) is 37.5 Å². The van der Waals surface area contributed by atoms with E-state index in [2.05, 4.69) is 34.1 Å². The molecule has 0 atom stereocenters. The van der Waals surface area contributed by atoms with E-state index in [0.29, 0.717) is 12.5 Å². The van der Waals surface area contributed by atoms with Crippen molar-refractivity contribution in [2.45, 2.75) is 34.2 Å². The average Bonchev–Trinajstić information content (AvgIpc) is 2.96. The summed E-state index contributed by atoms with van der Waals surface area (Å²) in [7, 11) is 1.85. The summed E-state index contributed by atoms with van der Waals surface area (Å²) < 4.78 is 0. The van der Waals surface area contributed by atoms with Crippen LogP contribution in [0.3, 0.4) is 0 Å². The number of amides is 1. The highest BCUT2D eigenvalue weighted by molar-refractivity contribution is 7.20. The monoisotopic (exact) mass is 383 g/mol. The number of fused-ring (bicyclic) bond motifs is 1. The predicted octanol–water partition coefficient (Wildman–Crippen LogP) is 4.04. The van der Waals surface area contributed by atoms with Gasteiger partial charge in [0.2, 0.25) is 0 Å². The first-order valence-corrected chi connectivity index (χ1v) is 9.84. The van der Waals surface area contributed by atoms with Crippen molar-refractivity contribution < 1.29 is 4.79 Å². The fraction of sp³-hybridized carbons (Fsp3) is 0.400. The van der Waals surface area contributed by atoms with Gasteiger partial charge < -0.3 is 10.2 Å². The van der Waals surface area contributed by atoms with Crippen LogP contribution in [0, 0.1) is 19.8 Å². The zero-order valence-corrected chi connectivity index (χ0v) is 17.2. The Bertz CT molecular complexity index is 966. The molecule has 1 amide bonds. The highest BCUT2D eigenvalue weighted by Gasteiger charge is 2.22. The van der Waals surface area contributed by atoms with Gasteiger partial charge in [0.15, 0.2) is 0 Å². The number of hydrogen-bond acceptors (Lipinski definition) is 6. The van der Waals surface area contributed by atoms with Crippen LogP contribution in [-0.4, -0.2) is 39.4 Å². The van der Waals surface area contributed by atoms with Crippen LogP contribution in [0.15, 0.2) is 24.5 Å². The maximum atomic E-state index is 12.9. The Labute approximate surface area is 163 Å². The first-order valence-electron chi connectivity index (χ1n) is 9.02. The zero-order chi connectivity index (χ0) is 19.6. The van der Waals surface area contributed by atoms with Crippen LogP contribution in [-0.2, 0) is 6.54 Å². The lowest BCUT2D eigenvalue weighted by molar-refractivity contribution is 0.0783. The molecule has 0 aromatic carbocycles. The van der Waals surface area contributed by atoms with Gasteiger partial charge in [-0.3, -0.25) is 9.78 Å². The lowest BCUT2D eigenvalue weighted by atomic mass is 10.1. The highest BCUT2D eigenvalue weighted by atomic mass is 32.1. The number of aromatic nitrogens is 3. The van der Waals surface area contributed by atoms with Gasteiger partial charge in [0.05, 0.1) is 22.5 Å². The molecular weight excluding hydrogens is 358 g/mol. The van der Waals surface area contributed by atoms with Gasteiger partial charge in [-0.15, -0.1) is 11.3 Å². The molecule has 3 rings (SSSR count). The Kier molecular flexibility index (Phi) is 5.70. The third-order valence-electron chi connectivity index (χ3n) is 4.29. The van der Waals surface area contributed by atoms with Crippen LogP contribution in [0.2, 0.25) is 0 Å². The molecule has 0 aliphatic heterocycles. The molecule has 0 spiro atoms. The highest BCUT2D eigenvalue weighted by Crippen LogP contribution is 2.34. The number of nitrogens with zero attached hydrogens (tertiary/aromatic N) is 4. The summed E-state index contributed by atoms with van der Waals surface area (Å²) in [5.41, 5.74) is 2.86. The molecule has 3 aromatic rings. The van der Waals surface area contributed by atoms with Crippen LogP contribution >= 0.6 is 11.3 Å². The van der Waals surface area contributed by atoms with E-state index in [1.54, 1.807) is 4.90 Å². The quantitative estimate of drug-likeness (QED) is 0.695. The lowest BCUT2D eigenvalue weighted by Gasteiger charge is -2.18. The number of rotatable bonds is 6. The molecule has 0 unspecified atom stereocenters. The number of hydrogen-bond donors (Lipinski definition) is 1. The minimum atomic E-state index is 0.0375. The number of pyridine rings is 1. The Hall–Kier alpha value is -2.54. The minimum absolute atomic E-state index is 0.0375. The summed E-state index contributed by atoms with van der Waals surface area (Å²) in [6.07, 6.45) is 1.54. The molecule has 0 radical (unpaired) electrons. The van der Waals surface area contributed by atoms with Gasteiger partial charge in [-0.1, -0.05) is 19.9 Å². The van der Waals surface area contributed by atoms with E-state index in [0.717, 1.165) is 44.4 Å². The second-order valence-corrected chi connectivity index (χ2v) is 8.16. The van der Waals surface area contributed by atoms with Crippen molar-refractivity contribution in [2.24, 2.45) is 5.92 Å². The molecule has 7 heteroatoms. The van der Waals surface area contributed by atoms with Crippen LogP contribution in [0.5, 0.6) is 0 Å². The van der Waals surface area contributed by atoms with Crippen LogP contribution in [0.25, 0.3) is 10.2 Å². The van der Waals surface area contributed by atoms with Crippen molar-refractivity contribution in [3.8, 4) is 0 Å². The normalized spacial score (nSPS) is 11.2. The van der Waals surface area contributed by atoms with E-state index in [1.165, 1.54) is 17.7 Å². The van der Waals surface area contributed by atoms with Gasteiger partial charge in [-0.25, -0.2) is 9.97 Å². The maximum Gasteiger partial charge on any atom is 0.264 e. The standard InChI is InChI=1S/C20H25N5OS/c1-12(2)10-25(5)20(26)17-14(4)16-18(22-11-23-19(16)27-17)21-9-15-8-6-7-13(3)24-15/h6-8,11-12H,9-10H2,1-5H3,(H,21,22,23). The van der Waals surface area contributed by atoms with Crippen molar-refractivity contribution in [3.63, 3.8) is 0 Å². The Morgan fingerprint density at radius 2 is 2.04 bits per heavy atom. The largest absolute Gasteiger partial charge is 0.364 e. The second kappa shape index (κ2) is 8.00. The second-order valence-electron chi connectivity index (χ2n) is 7.16. The fourth-order valence-electron chi connectivity index (χ4n) is 3.09. The predicted molar refractivity (Wildman–Crippen MR) is 110 cm³/mol. The summed E-state index contributed by atoms with van der Waals surface area (Å²) in [6.45, 7) is 9.44. The number of carbonyl (C=O) groups is 1. The molecule has 3 aromatic heterocycles. The number of anilines is 1. The van der Waals surface area contributed by atoms with Crippen molar-refractivity contribution in [3.05, 3.63) is 46.4 Å². The average molecular weight is 384 g/mol. The van der Waals surface area contributed by atoms with Gasteiger partial charge in [-0.2, -0.15) is 0 Å². The first kappa shape index (κ1) is 19.2. The molecule has 0 saturated carbocycles. The van der Waals surface area contributed by atoms with Gasteiger partial charge >= 0.3 is 0 Å².